The second-order valence-corrected chi connectivity index (χ2v) is 4.33. The maximum absolute atomic E-state index is 12.1. The maximum Gasteiger partial charge on any atom is 0.226 e. The lowest BCUT2D eigenvalue weighted by atomic mass is 10.1. The van der Waals surface area contributed by atoms with Crippen LogP contribution in [0, 0.1) is 0 Å². The fourth-order valence-electron chi connectivity index (χ4n) is 2.33. The number of amides is 1. The normalized spacial score (nSPS) is 10.5. The van der Waals surface area contributed by atoms with Gasteiger partial charge in [-0.15, -0.1) is 0 Å². The number of nitrogens with zero attached hydrogens (tertiary/aromatic N) is 1. The first-order chi connectivity index (χ1) is 9.22. The zero-order valence-corrected chi connectivity index (χ0v) is 11.6. The summed E-state index contributed by atoms with van der Waals surface area (Å²) in [6, 6.07) is 12.0. The number of anilines is 1. The van der Waals surface area contributed by atoms with Crippen molar-refractivity contribution in [3.63, 3.8) is 0 Å². The Morgan fingerprint density at radius 1 is 1.16 bits per heavy atom. The molecule has 0 atom stereocenters. The van der Waals surface area contributed by atoms with Crippen LogP contribution in [-0.2, 0) is 4.79 Å². The van der Waals surface area contributed by atoms with Gasteiger partial charge in [0.1, 0.15) is 5.75 Å². The monoisotopic (exact) mass is 257 g/mol. The summed E-state index contributed by atoms with van der Waals surface area (Å²) < 4.78 is 5.44. The molecule has 19 heavy (non-hydrogen) atoms. The van der Waals surface area contributed by atoms with Crippen molar-refractivity contribution in [3.05, 3.63) is 36.4 Å². The summed E-state index contributed by atoms with van der Waals surface area (Å²) >= 11 is 0. The lowest BCUT2D eigenvalue weighted by molar-refractivity contribution is -0.118. The van der Waals surface area contributed by atoms with Crippen molar-refractivity contribution in [1.29, 1.82) is 0 Å². The molecule has 2 rings (SSSR count). The molecule has 3 heteroatoms. The van der Waals surface area contributed by atoms with Gasteiger partial charge in [0.05, 0.1) is 12.8 Å². The minimum Gasteiger partial charge on any atom is -0.495 e. The molecular weight excluding hydrogens is 238 g/mol. The van der Waals surface area contributed by atoms with E-state index in [1.807, 2.05) is 50.2 Å². The molecule has 0 unspecified atom stereocenters. The number of hydrogen-bond donors (Lipinski definition) is 0. The number of methoxy groups -OCH3 is 1. The predicted molar refractivity (Wildman–Crippen MR) is 78.8 cm³/mol. The van der Waals surface area contributed by atoms with Gasteiger partial charge in [0, 0.05) is 18.4 Å². The summed E-state index contributed by atoms with van der Waals surface area (Å²) in [5.74, 6) is 0.847. The Morgan fingerprint density at radius 3 is 2.53 bits per heavy atom. The zero-order valence-electron chi connectivity index (χ0n) is 11.6. The summed E-state index contributed by atoms with van der Waals surface area (Å²) in [6.07, 6.45) is 0.486. The number of rotatable bonds is 4. The average molecular weight is 257 g/mol. The largest absolute Gasteiger partial charge is 0.495 e. The number of hydrogen-bond acceptors (Lipinski definition) is 2. The number of carbonyl (C=O) groups is 1. The highest BCUT2D eigenvalue weighted by molar-refractivity contribution is 6.06. The first-order valence-corrected chi connectivity index (χ1v) is 6.59. The van der Waals surface area contributed by atoms with E-state index in [4.69, 9.17) is 4.74 Å². The lowest BCUT2D eigenvalue weighted by Gasteiger charge is -2.24. The quantitative estimate of drug-likeness (QED) is 0.837. The molecule has 0 aliphatic rings. The topological polar surface area (TPSA) is 29.5 Å². The van der Waals surface area contributed by atoms with Gasteiger partial charge < -0.3 is 9.64 Å². The Hall–Kier alpha value is -2.03. The van der Waals surface area contributed by atoms with E-state index in [-0.39, 0.29) is 5.91 Å². The van der Waals surface area contributed by atoms with Crippen LogP contribution in [0.25, 0.3) is 10.8 Å². The smallest absolute Gasteiger partial charge is 0.226 e. The van der Waals surface area contributed by atoms with E-state index < -0.39 is 0 Å². The number of benzene rings is 2. The first-order valence-electron chi connectivity index (χ1n) is 6.59. The van der Waals surface area contributed by atoms with Gasteiger partial charge in [0.15, 0.2) is 0 Å². The van der Waals surface area contributed by atoms with Gasteiger partial charge >= 0.3 is 0 Å². The fraction of sp³-hybridized carbons (Fsp3) is 0.312. The number of fused-ring (bicyclic) bond motifs is 1. The second-order valence-electron chi connectivity index (χ2n) is 4.33. The molecule has 0 bridgehead atoms. The van der Waals surface area contributed by atoms with Gasteiger partial charge in [-0.3, -0.25) is 4.79 Å². The van der Waals surface area contributed by atoms with Crippen molar-refractivity contribution in [1.82, 2.24) is 0 Å². The van der Waals surface area contributed by atoms with E-state index in [1.54, 1.807) is 12.0 Å². The van der Waals surface area contributed by atoms with Gasteiger partial charge in [-0.2, -0.15) is 0 Å². The van der Waals surface area contributed by atoms with Gasteiger partial charge in [0.25, 0.3) is 0 Å². The van der Waals surface area contributed by atoms with Crippen LogP contribution in [0.2, 0.25) is 0 Å². The molecule has 0 spiro atoms. The Bertz CT molecular complexity index is 592. The predicted octanol–water partition coefficient (Wildman–Crippen LogP) is 3.61. The molecule has 0 heterocycles. The molecule has 0 N–H and O–H groups in total. The minimum absolute atomic E-state index is 0.108. The molecule has 1 amide bonds. The molecule has 0 aromatic heterocycles. The Morgan fingerprint density at radius 2 is 1.89 bits per heavy atom. The standard InChI is InChI=1S/C16H19NO2/c1-4-15(18)17(5-2)16-13-9-7-6-8-12(13)10-11-14(16)19-3/h6-11H,4-5H2,1-3H3. The van der Waals surface area contributed by atoms with Crippen LogP contribution in [0.1, 0.15) is 20.3 Å². The average Bonchev–Trinajstić information content (AvgIpc) is 2.47. The van der Waals surface area contributed by atoms with Gasteiger partial charge in [0.2, 0.25) is 5.91 Å². The number of ether oxygens (including phenoxy) is 1. The minimum atomic E-state index is 0.108. The SMILES string of the molecule is CCC(=O)N(CC)c1c(OC)ccc2ccccc12. The van der Waals surface area contributed by atoms with Crippen molar-refractivity contribution < 1.29 is 9.53 Å². The van der Waals surface area contributed by atoms with Crippen LogP contribution in [0.5, 0.6) is 5.75 Å². The van der Waals surface area contributed by atoms with Gasteiger partial charge in [-0.25, -0.2) is 0 Å². The van der Waals surface area contributed by atoms with Gasteiger partial charge in [-0.1, -0.05) is 37.3 Å². The summed E-state index contributed by atoms with van der Waals surface area (Å²) in [5.41, 5.74) is 0.870. The fourth-order valence-corrected chi connectivity index (χ4v) is 2.33. The summed E-state index contributed by atoms with van der Waals surface area (Å²) in [4.78, 5) is 13.9. The van der Waals surface area contributed by atoms with Crippen molar-refractivity contribution in [3.8, 4) is 5.75 Å². The van der Waals surface area contributed by atoms with Crippen molar-refractivity contribution in [2.24, 2.45) is 0 Å². The first kappa shape index (κ1) is 13.4. The summed E-state index contributed by atoms with van der Waals surface area (Å²) in [6.45, 7) is 4.49. The highest BCUT2D eigenvalue weighted by Gasteiger charge is 2.19. The molecule has 2 aromatic rings. The van der Waals surface area contributed by atoms with E-state index >= 15 is 0 Å². The summed E-state index contributed by atoms with van der Waals surface area (Å²) in [7, 11) is 1.64. The van der Waals surface area contributed by atoms with E-state index in [0.717, 1.165) is 22.2 Å². The Labute approximate surface area is 113 Å². The van der Waals surface area contributed by atoms with Crippen molar-refractivity contribution in [2.75, 3.05) is 18.6 Å². The molecule has 100 valence electrons. The molecule has 2 aromatic carbocycles. The molecule has 0 fully saturated rings. The van der Waals surface area contributed by atoms with Crippen LogP contribution in [0.15, 0.2) is 36.4 Å². The van der Waals surface area contributed by atoms with Crippen LogP contribution in [-0.4, -0.2) is 19.6 Å². The third kappa shape index (κ3) is 2.41. The molecular formula is C16H19NO2. The molecule has 0 aliphatic carbocycles. The van der Waals surface area contributed by atoms with Crippen molar-refractivity contribution >= 4 is 22.4 Å². The zero-order chi connectivity index (χ0) is 13.8. The molecule has 0 saturated heterocycles. The number of carbonyl (C=O) groups excluding carboxylic acids is 1. The van der Waals surface area contributed by atoms with E-state index in [2.05, 4.69) is 0 Å². The van der Waals surface area contributed by atoms with Crippen LogP contribution < -0.4 is 9.64 Å². The Kier molecular flexibility index (Phi) is 4.05. The second kappa shape index (κ2) is 5.74. The van der Waals surface area contributed by atoms with E-state index in [1.165, 1.54) is 0 Å². The highest BCUT2D eigenvalue weighted by Crippen LogP contribution is 2.36. The summed E-state index contributed by atoms with van der Waals surface area (Å²) in [5, 5.41) is 2.16. The van der Waals surface area contributed by atoms with E-state index in [9.17, 15) is 4.79 Å². The highest BCUT2D eigenvalue weighted by atomic mass is 16.5. The van der Waals surface area contributed by atoms with E-state index in [0.29, 0.717) is 13.0 Å². The lowest BCUT2D eigenvalue weighted by Crippen LogP contribution is -2.30. The van der Waals surface area contributed by atoms with Gasteiger partial charge in [-0.05, 0) is 18.4 Å². The molecule has 0 saturated carbocycles. The van der Waals surface area contributed by atoms with Crippen LogP contribution in [0.4, 0.5) is 5.69 Å². The van der Waals surface area contributed by atoms with Crippen molar-refractivity contribution in [2.45, 2.75) is 20.3 Å². The maximum atomic E-state index is 12.1. The molecule has 0 radical (unpaired) electrons. The molecule has 0 aliphatic heterocycles. The third-order valence-corrected chi connectivity index (χ3v) is 3.27. The Balaban J connectivity index is 2.70. The van der Waals surface area contributed by atoms with Crippen LogP contribution in [0.3, 0.4) is 0 Å². The third-order valence-electron chi connectivity index (χ3n) is 3.27. The van der Waals surface area contributed by atoms with Crippen LogP contribution >= 0.6 is 0 Å². The molecule has 3 nitrogen and oxygen atoms in total.